The van der Waals surface area contributed by atoms with E-state index < -0.39 is 0 Å². The summed E-state index contributed by atoms with van der Waals surface area (Å²) in [5.41, 5.74) is 3.04. The number of carbonyl (C=O) groups excluding carboxylic acids is 2. The van der Waals surface area contributed by atoms with Gasteiger partial charge in [0.2, 0.25) is 0 Å². The minimum atomic E-state index is -0.337. The van der Waals surface area contributed by atoms with E-state index in [2.05, 4.69) is 69.4 Å². The number of rotatable bonds is 4. The van der Waals surface area contributed by atoms with Crippen molar-refractivity contribution >= 4 is 59.1 Å². The number of nitrogens with zero attached hydrogens (tertiary/aromatic N) is 2. The molecule has 0 bridgehead atoms. The fourth-order valence-electron chi connectivity index (χ4n) is 3.78. The fourth-order valence-corrected chi connectivity index (χ4v) is 5.93. The molecule has 0 aromatic heterocycles. The molecule has 0 spiro atoms. The van der Waals surface area contributed by atoms with Crippen molar-refractivity contribution in [3.8, 4) is 0 Å². The molecule has 29 heavy (non-hydrogen) atoms. The van der Waals surface area contributed by atoms with Crippen LogP contribution < -0.4 is 14.6 Å². The molecule has 1 fully saturated rings. The van der Waals surface area contributed by atoms with E-state index in [1.54, 1.807) is 6.07 Å². The maximum absolute atomic E-state index is 12.4. The van der Waals surface area contributed by atoms with Crippen LogP contribution >= 0.6 is 15.9 Å². The summed E-state index contributed by atoms with van der Waals surface area (Å²) in [6.07, 6.45) is 1.19. The average molecular weight is 515 g/mol. The molecule has 2 aromatic rings. The first-order chi connectivity index (χ1) is 13.9. The van der Waals surface area contributed by atoms with Gasteiger partial charge in [0.25, 0.3) is 0 Å². The Morgan fingerprint density at radius 2 is 1.90 bits per heavy atom. The van der Waals surface area contributed by atoms with Crippen molar-refractivity contribution in [2.75, 3.05) is 32.1 Å². The molecule has 1 radical (unpaired) electrons. The second kappa shape index (κ2) is 8.47. The third kappa shape index (κ3) is 4.35. The predicted octanol–water partition coefficient (Wildman–Crippen LogP) is 2.23. The summed E-state index contributed by atoms with van der Waals surface area (Å²) in [5.74, 6) is -0.659. The summed E-state index contributed by atoms with van der Waals surface area (Å²) < 4.78 is 2.07. The zero-order valence-corrected chi connectivity index (χ0v) is 19.8. The maximum atomic E-state index is 12.4. The number of carbonyl (C=O) groups is 2. The van der Waals surface area contributed by atoms with Gasteiger partial charge in [-0.2, -0.15) is 0 Å². The number of likely N-dealkylation sites (tertiary alicyclic amines) is 1. The first-order valence-electron chi connectivity index (χ1n) is 9.50. The second-order valence-electron chi connectivity index (χ2n) is 7.48. The van der Waals surface area contributed by atoms with Gasteiger partial charge in [0, 0.05) is 0 Å². The van der Waals surface area contributed by atoms with Crippen molar-refractivity contribution < 1.29 is 9.59 Å². The average Bonchev–Trinajstić information content (AvgIpc) is 3.14. The van der Waals surface area contributed by atoms with E-state index in [1.807, 2.05) is 17.0 Å². The second-order valence-corrected chi connectivity index (χ2v) is 10.6. The van der Waals surface area contributed by atoms with Gasteiger partial charge < -0.3 is 0 Å². The van der Waals surface area contributed by atoms with Gasteiger partial charge in [-0.1, -0.05) is 0 Å². The standard InChI is InChI=1S/C22H22AsBrN3O2/c1-26-10-9-17(13-26)27(2)16-6-3-14(4-7-16)23-12-20-19-11-15(24)5-8-18(19)21(28)25-22(20)29/h3-8,11-12,17H,9-10,13H2,1-2H3,(H,25,28,29). The summed E-state index contributed by atoms with van der Waals surface area (Å²) in [6.45, 7) is 2.24. The Bertz CT molecular complexity index is 990. The Morgan fingerprint density at radius 1 is 1.14 bits per heavy atom. The zero-order valence-electron chi connectivity index (χ0n) is 16.4. The molecule has 4 rings (SSSR count). The minimum absolute atomic E-state index is 0.322. The molecule has 1 atom stereocenters. The molecule has 0 aliphatic carbocycles. The Morgan fingerprint density at radius 3 is 2.59 bits per heavy atom. The van der Waals surface area contributed by atoms with Crippen LogP contribution in [0, 0.1) is 0 Å². The molecule has 2 aromatic carbocycles. The van der Waals surface area contributed by atoms with Crippen LogP contribution in [0.4, 0.5) is 5.69 Å². The summed E-state index contributed by atoms with van der Waals surface area (Å²) >= 11 is 3.10. The third-order valence-electron chi connectivity index (χ3n) is 5.50. The van der Waals surface area contributed by atoms with Crippen LogP contribution in [0.1, 0.15) is 22.3 Å². The fraction of sp³-hybridized carbons (Fsp3) is 0.273. The summed E-state index contributed by atoms with van der Waals surface area (Å²) in [7, 11) is 4.33. The van der Waals surface area contributed by atoms with E-state index in [9.17, 15) is 9.59 Å². The first kappa shape index (κ1) is 20.4. The van der Waals surface area contributed by atoms with Gasteiger partial charge in [-0.3, -0.25) is 0 Å². The van der Waals surface area contributed by atoms with Crippen LogP contribution in [0.15, 0.2) is 51.8 Å². The molecule has 149 valence electrons. The Kier molecular flexibility index (Phi) is 5.95. The van der Waals surface area contributed by atoms with Gasteiger partial charge in [-0.25, -0.2) is 0 Å². The summed E-state index contributed by atoms with van der Waals surface area (Å²) in [5, 5.41) is 2.44. The van der Waals surface area contributed by atoms with E-state index in [0.29, 0.717) is 22.7 Å². The Hall–Kier alpha value is -1.88. The van der Waals surface area contributed by atoms with Crippen molar-refractivity contribution in [3.63, 3.8) is 0 Å². The number of anilines is 1. The van der Waals surface area contributed by atoms with Crippen LogP contribution in [0.3, 0.4) is 0 Å². The van der Waals surface area contributed by atoms with E-state index in [1.165, 1.54) is 16.5 Å². The number of fused-ring (bicyclic) bond motifs is 1. The number of likely N-dealkylation sites (N-methyl/N-ethyl adjacent to an activating group) is 2. The zero-order chi connectivity index (χ0) is 20.5. The van der Waals surface area contributed by atoms with Gasteiger partial charge in [-0.15, -0.1) is 0 Å². The first-order valence-corrected chi connectivity index (χ1v) is 12.3. The molecule has 1 N–H and O–H groups in total. The number of benzene rings is 2. The van der Waals surface area contributed by atoms with Crippen molar-refractivity contribution in [2.45, 2.75) is 12.5 Å². The molecule has 2 aliphatic rings. The topological polar surface area (TPSA) is 52.6 Å². The SMILES string of the molecule is CN1CCC(N(C)c2ccc([As]C=C3C(=O)NC(=O)c4ccc(Br)cc43)cc2)C1. The van der Waals surface area contributed by atoms with Crippen LogP contribution in [0.2, 0.25) is 0 Å². The molecule has 2 aliphatic heterocycles. The van der Waals surface area contributed by atoms with Crippen LogP contribution in [-0.4, -0.2) is 65.7 Å². The van der Waals surface area contributed by atoms with Crippen LogP contribution in [0.5, 0.6) is 0 Å². The van der Waals surface area contributed by atoms with E-state index >= 15 is 0 Å². The molecule has 0 saturated carbocycles. The predicted molar refractivity (Wildman–Crippen MR) is 121 cm³/mol. The summed E-state index contributed by atoms with van der Waals surface area (Å²) in [4.78, 5) is 31.2. The van der Waals surface area contributed by atoms with Crippen LogP contribution in [0.25, 0.3) is 5.57 Å². The monoisotopic (exact) mass is 514 g/mol. The van der Waals surface area contributed by atoms with Crippen LogP contribution in [-0.2, 0) is 4.79 Å². The summed E-state index contributed by atoms with van der Waals surface area (Å²) in [6, 6.07) is 14.6. The molecule has 1 unspecified atom stereocenters. The van der Waals surface area contributed by atoms with Gasteiger partial charge >= 0.3 is 186 Å². The van der Waals surface area contributed by atoms with Gasteiger partial charge in [0.15, 0.2) is 0 Å². The molecule has 2 heterocycles. The Balaban J connectivity index is 1.52. The van der Waals surface area contributed by atoms with Gasteiger partial charge in [-0.05, 0) is 0 Å². The quantitative estimate of drug-likeness (QED) is 0.386. The molecular weight excluding hydrogens is 493 g/mol. The van der Waals surface area contributed by atoms with Gasteiger partial charge in [0.05, 0.1) is 0 Å². The van der Waals surface area contributed by atoms with Gasteiger partial charge in [0.1, 0.15) is 0 Å². The van der Waals surface area contributed by atoms with E-state index in [4.69, 9.17) is 0 Å². The number of amides is 2. The van der Waals surface area contributed by atoms with E-state index in [-0.39, 0.29) is 27.6 Å². The van der Waals surface area contributed by atoms with Crippen molar-refractivity contribution in [1.82, 2.24) is 10.2 Å². The van der Waals surface area contributed by atoms with Crippen molar-refractivity contribution in [3.05, 3.63) is 62.9 Å². The molecule has 1 saturated heterocycles. The number of hydrogen-bond donors (Lipinski definition) is 1. The Labute approximate surface area is 186 Å². The third-order valence-corrected chi connectivity index (χ3v) is 8.06. The van der Waals surface area contributed by atoms with E-state index in [0.717, 1.165) is 17.6 Å². The molecular formula is C22H22AsBrN3O2. The number of halogens is 1. The van der Waals surface area contributed by atoms with Crippen molar-refractivity contribution in [1.29, 1.82) is 0 Å². The number of nitrogens with one attached hydrogen (secondary N) is 1. The molecule has 5 nitrogen and oxygen atoms in total. The molecule has 2 amide bonds. The molecule has 7 heteroatoms. The van der Waals surface area contributed by atoms with Crippen molar-refractivity contribution in [2.24, 2.45) is 0 Å². The number of imide groups is 1. The normalized spacial score (nSPS) is 21.1. The number of hydrogen-bond acceptors (Lipinski definition) is 4.